The van der Waals surface area contributed by atoms with Crippen LogP contribution in [0.15, 0.2) is 40.9 Å². The van der Waals surface area contributed by atoms with Crippen molar-refractivity contribution in [2.45, 2.75) is 12.8 Å². The van der Waals surface area contributed by atoms with Crippen LogP contribution in [0, 0.1) is 0 Å². The summed E-state index contributed by atoms with van der Waals surface area (Å²) in [6.45, 7) is 2.43. The van der Waals surface area contributed by atoms with Crippen molar-refractivity contribution >= 4 is 15.9 Å². The van der Waals surface area contributed by atoms with Crippen LogP contribution < -0.4 is 14.2 Å². The van der Waals surface area contributed by atoms with Gasteiger partial charge in [0.05, 0.1) is 7.11 Å². The molecule has 1 aliphatic heterocycles. The highest BCUT2D eigenvalue weighted by Crippen LogP contribution is 2.42. The van der Waals surface area contributed by atoms with Gasteiger partial charge in [-0.3, -0.25) is 0 Å². The van der Waals surface area contributed by atoms with Crippen LogP contribution in [0.3, 0.4) is 0 Å². The van der Waals surface area contributed by atoms with Gasteiger partial charge >= 0.3 is 0 Å². The van der Waals surface area contributed by atoms with Crippen molar-refractivity contribution in [1.29, 1.82) is 0 Å². The number of methoxy groups -OCH3 is 1. The lowest BCUT2D eigenvalue weighted by molar-refractivity contribution is 0.174. The van der Waals surface area contributed by atoms with Crippen LogP contribution in [-0.4, -0.2) is 13.9 Å². The molecule has 104 valence electrons. The Labute approximate surface area is 126 Å². The molecule has 0 aliphatic carbocycles. The van der Waals surface area contributed by atoms with Gasteiger partial charge in [-0.1, -0.05) is 35.0 Å². The summed E-state index contributed by atoms with van der Waals surface area (Å²) in [5, 5.41) is 0. The number of ether oxygens (including phenoxy) is 3. The number of hydrogen-bond donors (Lipinski definition) is 0. The van der Waals surface area contributed by atoms with E-state index in [1.807, 2.05) is 24.3 Å². The highest BCUT2D eigenvalue weighted by atomic mass is 79.9. The number of rotatable bonds is 3. The lowest BCUT2D eigenvalue weighted by atomic mass is 9.92. The molecule has 0 fully saturated rings. The third-order valence-corrected chi connectivity index (χ3v) is 4.09. The van der Waals surface area contributed by atoms with Crippen LogP contribution >= 0.6 is 15.9 Å². The van der Waals surface area contributed by atoms with Crippen molar-refractivity contribution in [2.24, 2.45) is 0 Å². The molecule has 1 aliphatic rings. The highest BCUT2D eigenvalue weighted by molar-refractivity contribution is 9.10. The Hall–Kier alpha value is -1.68. The van der Waals surface area contributed by atoms with Crippen LogP contribution in [0.2, 0.25) is 0 Å². The molecule has 0 bridgehead atoms. The molecule has 3 rings (SSSR count). The van der Waals surface area contributed by atoms with E-state index < -0.39 is 0 Å². The maximum atomic E-state index is 5.49. The average Bonchev–Trinajstić information content (AvgIpc) is 2.93. The van der Waals surface area contributed by atoms with Gasteiger partial charge in [-0.25, -0.2) is 0 Å². The van der Waals surface area contributed by atoms with Gasteiger partial charge in [-0.05, 0) is 23.8 Å². The molecule has 1 atom stereocenters. The molecule has 0 N–H and O–H groups in total. The van der Waals surface area contributed by atoms with Gasteiger partial charge in [0.2, 0.25) is 6.79 Å². The van der Waals surface area contributed by atoms with Crippen LogP contribution in [-0.2, 0) is 0 Å². The van der Waals surface area contributed by atoms with E-state index in [1.165, 1.54) is 5.56 Å². The number of fused-ring (bicyclic) bond motifs is 1. The first-order chi connectivity index (χ1) is 9.69. The van der Waals surface area contributed by atoms with Crippen molar-refractivity contribution in [1.82, 2.24) is 0 Å². The predicted molar refractivity (Wildman–Crippen MR) is 80.8 cm³/mol. The molecule has 1 unspecified atom stereocenters. The second-order valence-electron chi connectivity index (χ2n) is 4.72. The summed E-state index contributed by atoms with van der Waals surface area (Å²) < 4.78 is 17.4. The van der Waals surface area contributed by atoms with Gasteiger partial charge in [0, 0.05) is 22.0 Å². The molecule has 0 saturated heterocycles. The fourth-order valence-corrected chi connectivity index (χ4v) is 2.65. The summed E-state index contributed by atoms with van der Waals surface area (Å²) in [6, 6.07) is 12.2. The molecular weight excluding hydrogens is 320 g/mol. The third kappa shape index (κ3) is 2.36. The summed E-state index contributed by atoms with van der Waals surface area (Å²) in [5.41, 5.74) is 2.32. The molecule has 2 aromatic carbocycles. The Kier molecular flexibility index (Phi) is 3.57. The number of benzene rings is 2. The van der Waals surface area contributed by atoms with Crippen molar-refractivity contribution in [3.8, 4) is 17.2 Å². The van der Waals surface area contributed by atoms with E-state index >= 15 is 0 Å². The summed E-state index contributed by atoms with van der Waals surface area (Å²) in [6.07, 6.45) is 0. The first-order valence-electron chi connectivity index (χ1n) is 6.42. The molecule has 0 amide bonds. The van der Waals surface area contributed by atoms with Gasteiger partial charge in [-0.15, -0.1) is 0 Å². The Balaban J connectivity index is 2.02. The molecule has 20 heavy (non-hydrogen) atoms. The molecule has 1 heterocycles. The zero-order valence-corrected chi connectivity index (χ0v) is 12.9. The van der Waals surface area contributed by atoms with Gasteiger partial charge < -0.3 is 14.2 Å². The second-order valence-corrected chi connectivity index (χ2v) is 5.64. The Morgan fingerprint density at radius 1 is 1.10 bits per heavy atom. The van der Waals surface area contributed by atoms with Gasteiger partial charge in [0.25, 0.3) is 0 Å². The number of halogens is 1. The van der Waals surface area contributed by atoms with Gasteiger partial charge in [0.1, 0.15) is 5.75 Å². The molecule has 0 saturated carbocycles. The van der Waals surface area contributed by atoms with Gasteiger partial charge in [0.15, 0.2) is 11.5 Å². The van der Waals surface area contributed by atoms with E-state index in [1.54, 1.807) is 7.11 Å². The van der Waals surface area contributed by atoms with Crippen LogP contribution in [0.5, 0.6) is 17.2 Å². The van der Waals surface area contributed by atoms with E-state index in [-0.39, 0.29) is 12.7 Å². The van der Waals surface area contributed by atoms with Crippen molar-refractivity contribution in [2.75, 3.05) is 13.9 Å². The monoisotopic (exact) mass is 334 g/mol. The minimum absolute atomic E-state index is 0.215. The SMILES string of the molecule is COc1cc2c(cc1C(C)c1ccc(Br)cc1)OCO2. The van der Waals surface area contributed by atoms with E-state index in [0.717, 1.165) is 27.3 Å². The first kappa shape index (κ1) is 13.3. The lowest BCUT2D eigenvalue weighted by Gasteiger charge is -2.17. The second kappa shape index (κ2) is 5.37. The lowest BCUT2D eigenvalue weighted by Crippen LogP contribution is -1.99. The largest absolute Gasteiger partial charge is 0.496 e. The minimum Gasteiger partial charge on any atom is -0.496 e. The Morgan fingerprint density at radius 3 is 2.40 bits per heavy atom. The average molecular weight is 335 g/mol. The molecule has 4 heteroatoms. The van der Waals surface area contributed by atoms with Crippen LogP contribution in [0.4, 0.5) is 0 Å². The Bertz CT molecular complexity index is 622. The molecule has 2 aromatic rings. The third-order valence-electron chi connectivity index (χ3n) is 3.56. The van der Waals surface area contributed by atoms with Crippen molar-refractivity contribution in [3.63, 3.8) is 0 Å². The zero-order chi connectivity index (χ0) is 14.1. The van der Waals surface area contributed by atoms with Crippen molar-refractivity contribution in [3.05, 3.63) is 52.0 Å². The molecule has 0 radical (unpaired) electrons. The first-order valence-corrected chi connectivity index (χ1v) is 7.21. The smallest absolute Gasteiger partial charge is 0.231 e. The van der Waals surface area contributed by atoms with Crippen molar-refractivity contribution < 1.29 is 14.2 Å². The topological polar surface area (TPSA) is 27.7 Å². The van der Waals surface area contributed by atoms with E-state index in [4.69, 9.17) is 14.2 Å². The summed E-state index contributed by atoms with van der Waals surface area (Å²) in [4.78, 5) is 0. The van der Waals surface area contributed by atoms with Crippen LogP contribution in [0.25, 0.3) is 0 Å². The van der Waals surface area contributed by atoms with E-state index in [2.05, 4.69) is 35.0 Å². The number of hydrogen-bond acceptors (Lipinski definition) is 3. The molecule has 0 spiro atoms. The zero-order valence-electron chi connectivity index (χ0n) is 11.4. The maximum absolute atomic E-state index is 5.49. The maximum Gasteiger partial charge on any atom is 0.231 e. The molecular formula is C16H15BrO3. The summed E-state index contributed by atoms with van der Waals surface area (Å²) in [7, 11) is 1.68. The highest BCUT2D eigenvalue weighted by Gasteiger charge is 2.21. The Morgan fingerprint density at radius 2 is 1.75 bits per heavy atom. The predicted octanol–water partition coefficient (Wildman–Crippen LogP) is 4.34. The standard InChI is InChI=1S/C16H15BrO3/c1-10(11-3-5-12(17)6-4-11)13-7-15-16(20-9-19-15)8-14(13)18-2/h3-8,10H,9H2,1-2H3. The fraction of sp³-hybridized carbons (Fsp3) is 0.250. The quantitative estimate of drug-likeness (QED) is 0.835. The summed E-state index contributed by atoms with van der Waals surface area (Å²) >= 11 is 3.46. The van der Waals surface area contributed by atoms with E-state index in [9.17, 15) is 0 Å². The van der Waals surface area contributed by atoms with E-state index in [0.29, 0.717) is 0 Å². The summed E-state index contributed by atoms with van der Waals surface area (Å²) in [5.74, 6) is 2.57. The normalized spacial score (nSPS) is 14.2. The fourth-order valence-electron chi connectivity index (χ4n) is 2.39. The minimum atomic E-state index is 0.215. The van der Waals surface area contributed by atoms with Gasteiger partial charge in [-0.2, -0.15) is 0 Å². The molecule has 0 aromatic heterocycles. The molecule has 3 nitrogen and oxygen atoms in total. The van der Waals surface area contributed by atoms with Crippen LogP contribution in [0.1, 0.15) is 24.0 Å².